The molecule has 15 heavy (non-hydrogen) atoms. The Morgan fingerprint density at radius 1 is 1.13 bits per heavy atom. The zero-order chi connectivity index (χ0) is 11.7. The quantitative estimate of drug-likeness (QED) is 0.384. The average molecular weight is 283 g/mol. The van der Waals surface area contributed by atoms with Crippen LogP contribution in [0, 0.1) is 0 Å². The van der Waals surface area contributed by atoms with Gasteiger partial charge in [0.15, 0.2) is 0 Å². The van der Waals surface area contributed by atoms with Crippen LogP contribution in [0.4, 0.5) is 0 Å². The van der Waals surface area contributed by atoms with Crippen LogP contribution in [0.25, 0.3) is 0 Å². The zero-order valence-corrected chi connectivity index (χ0v) is 11.6. The summed E-state index contributed by atoms with van der Waals surface area (Å²) in [6.07, 6.45) is 0. The number of hydrogen-bond acceptors (Lipinski definition) is 4. The van der Waals surface area contributed by atoms with Crippen LogP contribution in [-0.4, -0.2) is 46.5 Å². The van der Waals surface area contributed by atoms with Crippen molar-refractivity contribution < 1.29 is 19.0 Å². The van der Waals surface area contributed by atoms with Gasteiger partial charge in [-0.05, 0) is 0 Å². The van der Waals surface area contributed by atoms with Gasteiger partial charge >= 0.3 is 97.5 Å². The number of ether oxygens (including phenoxy) is 3. The Hall–Kier alpha value is -0.0905. The van der Waals surface area contributed by atoms with Crippen molar-refractivity contribution in [2.75, 3.05) is 19.8 Å². The second kappa shape index (κ2) is 8.11. The second-order valence-corrected chi connectivity index (χ2v) is 4.59. The molecule has 0 aliphatic heterocycles. The predicted octanol–water partition coefficient (Wildman–Crippen LogP) is 1.49. The Morgan fingerprint density at radius 2 is 1.67 bits per heavy atom. The van der Waals surface area contributed by atoms with E-state index in [-0.39, 0.29) is 15.0 Å². The third kappa shape index (κ3) is 4.51. The molecule has 0 saturated heterocycles. The molecule has 0 aromatic heterocycles. The molecular formula is C10H20O4Se. The first-order valence-electron chi connectivity index (χ1n) is 5.10. The Kier molecular flexibility index (Phi) is 8.06. The van der Waals surface area contributed by atoms with Crippen LogP contribution >= 0.6 is 0 Å². The summed E-state index contributed by atoms with van der Waals surface area (Å²) >= 11 is 0.289. The van der Waals surface area contributed by atoms with E-state index in [1.807, 2.05) is 19.7 Å². The van der Waals surface area contributed by atoms with Crippen molar-refractivity contribution in [2.45, 2.75) is 37.7 Å². The minimum absolute atomic E-state index is 0.289. The molecule has 0 aliphatic carbocycles. The average Bonchev–Trinajstić information content (AvgIpc) is 2.19. The van der Waals surface area contributed by atoms with Crippen molar-refractivity contribution in [1.82, 2.24) is 0 Å². The van der Waals surface area contributed by atoms with Gasteiger partial charge < -0.3 is 0 Å². The summed E-state index contributed by atoms with van der Waals surface area (Å²) in [7, 11) is 0. The van der Waals surface area contributed by atoms with Crippen molar-refractivity contribution in [3.63, 3.8) is 0 Å². The molecular weight excluding hydrogens is 263 g/mol. The summed E-state index contributed by atoms with van der Waals surface area (Å²) in [5.74, 6) is 0.463. The van der Waals surface area contributed by atoms with Crippen LogP contribution in [-0.2, 0) is 19.0 Å². The summed E-state index contributed by atoms with van der Waals surface area (Å²) in [6, 6.07) is 0. The molecule has 0 rings (SSSR count). The molecule has 0 amide bonds. The summed E-state index contributed by atoms with van der Waals surface area (Å²) in [5, 5.41) is 0.584. The van der Waals surface area contributed by atoms with Crippen LogP contribution in [0.15, 0.2) is 0 Å². The summed E-state index contributed by atoms with van der Waals surface area (Å²) in [4.78, 5) is 11.8. The van der Waals surface area contributed by atoms with Crippen LogP contribution in [0.1, 0.15) is 20.8 Å². The van der Waals surface area contributed by atoms with Gasteiger partial charge in [0.1, 0.15) is 0 Å². The van der Waals surface area contributed by atoms with Gasteiger partial charge in [0, 0.05) is 0 Å². The fourth-order valence-corrected chi connectivity index (χ4v) is 2.59. The molecule has 0 N–H and O–H groups in total. The molecule has 0 fully saturated rings. The van der Waals surface area contributed by atoms with Gasteiger partial charge in [-0.2, -0.15) is 0 Å². The SMILES string of the molecule is CCOC(=O)C(C[Se]C)(OCC)OCC. The van der Waals surface area contributed by atoms with Crippen molar-refractivity contribution in [2.24, 2.45) is 0 Å². The van der Waals surface area contributed by atoms with Crippen molar-refractivity contribution in [1.29, 1.82) is 0 Å². The maximum atomic E-state index is 11.8. The zero-order valence-electron chi connectivity index (χ0n) is 9.87. The Bertz CT molecular complexity index is 167. The predicted molar refractivity (Wildman–Crippen MR) is 59.0 cm³/mol. The van der Waals surface area contributed by atoms with Gasteiger partial charge in [0.2, 0.25) is 0 Å². The van der Waals surface area contributed by atoms with E-state index in [0.717, 1.165) is 0 Å². The van der Waals surface area contributed by atoms with Gasteiger partial charge in [-0.25, -0.2) is 0 Å². The summed E-state index contributed by atoms with van der Waals surface area (Å²) < 4.78 is 15.9. The Morgan fingerprint density at radius 3 is 2.00 bits per heavy atom. The molecule has 90 valence electrons. The number of carbonyl (C=O) groups excluding carboxylic acids is 1. The minimum atomic E-state index is -1.17. The monoisotopic (exact) mass is 284 g/mol. The number of esters is 1. The molecule has 5 heteroatoms. The van der Waals surface area contributed by atoms with Crippen LogP contribution in [0.2, 0.25) is 11.1 Å². The Balaban J connectivity index is 4.65. The van der Waals surface area contributed by atoms with Crippen molar-refractivity contribution in [3.05, 3.63) is 0 Å². The Labute approximate surface area is 97.8 Å². The third-order valence-electron chi connectivity index (χ3n) is 1.68. The van der Waals surface area contributed by atoms with E-state index in [0.29, 0.717) is 25.1 Å². The number of hydrogen-bond donors (Lipinski definition) is 0. The molecule has 0 aliphatic rings. The third-order valence-corrected chi connectivity index (χ3v) is 3.08. The molecule has 0 radical (unpaired) electrons. The van der Waals surface area contributed by atoms with E-state index in [4.69, 9.17) is 14.2 Å². The fraction of sp³-hybridized carbons (Fsp3) is 0.900. The molecule has 0 aromatic carbocycles. The molecule has 0 saturated carbocycles. The standard InChI is InChI=1S/C10H20O4Se/c1-5-12-9(11)10(8-15-4,13-6-2)14-7-3/h5-8H2,1-4H3. The van der Waals surface area contributed by atoms with E-state index in [1.54, 1.807) is 6.92 Å². The van der Waals surface area contributed by atoms with Crippen LogP contribution in [0.5, 0.6) is 0 Å². The first-order valence-corrected chi connectivity index (χ1v) is 8.03. The van der Waals surface area contributed by atoms with E-state index < -0.39 is 11.8 Å². The molecule has 0 heterocycles. The maximum absolute atomic E-state index is 11.8. The van der Waals surface area contributed by atoms with Gasteiger partial charge in [-0.1, -0.05) is 0 Å². The number of rotatable bonds is 8. The molecule has 0 atom stereocenters. The first-order chi connectivity index (χ1) is 7.16. The number of carbonyl (C=O) groups is 1. The van der Waals surface area contributed by atoms with Gasteiger partial charge in [0.05, 0.1) is 0 Å². The van der Waals surface area contributed by atoms with E-state index in [1.165, 1.54) is 0 Å². The van der Waals surface area contributed by atoms with Crippen molar-refractivity contribution >= 4 is 20.9 Å². The van der Waals surface area contributed by atoms with Crippen molar-refractivity contribution in [3.8, 4) is 0 Å². The van der Waals surface area contributed by atoms with Crippen LogP contribution < -0.4 is 0 Å². The molecule has 0 bridgehead atoms. The molecule has 0 unspecified atom stereocenters. The molecule has 0 aromatic rings. The van der Waals surface area contributed by atoms with Crippen LogP contribution in [0.3, 0.4) is 0 Å². The normalized spacial score (nSPS) is 11.5. The van der Waals surface area contributed by atoms with Gasteiger partial charge in [-0.3, -0.25) is 0 Å². The summed E-state index contributed by atoms with van der Waals surface area (Å²) in [5.41, 5.74) is 0. The molecule has 0 spiro atoms. The topological polar surface area (TPSA) is 44.8 Å². The van der Waals surface area contributed by atoms with E-state index >= 15 is 0 Å². The molecule has 4 nitrogen and oxygen atoms in total. The van der Waals surface area contributed by atoms with Gasteiger partial charge in [-0.15, -0.1) is 0 Å². The second-order valence-electron chi connectivity index (χ2n) is 2.77. The van der Waals surface area contributed by atoms with E-state index in [9.17, 15) is 4.79 Å². The first kappa shape index (κ1) is 14.9. The van der Waals surface area contributed by atoms with E-state index in [2.05, 4.69) is 0 Å². The van der Waals surface area contributed by atoms with Gasteiger partial charge in [0.25, 0.3) is 0 Å². The fourth-order valence-electron chi connectivity index (χ4n) is 1.20. The summed E-state index contributed by atoms with van der Waals surface area (Å²) in [6.45, 7) is 6.68.